The first-order valence-electron chi connectivity index (χ1n) is 7.30. The van der Waals surface area contributed by atoms with E-state index in [2.05, 4.69) is 4.90 Å². The quantitative estimate of drug-likeness (QED) is 0.614. The van der Waals surface area contributed by atoms with Crippen LogP contribution in [0.5, 0.6) is 0 Å². The molecule has 2 aliphatic rings. The van der Waals surface area contributed by atoms with Crippen LogP contribution in [0.3, 0.4) is 0 Å². The predicted octanol–water partition coefficient (Wildman–Crippen LogP) is 2.71. The Bertz CT molecular complexity index is 496. The molecular weight excluding hydrogens is 256 g/mol. The molecule has 1 aromatic rings. The number of nitro groups is 1. The molecule has 0 heterocycles. The van der Waals surface area contributed by atoms with Crippen LogP contribution in [0.2, 0.25) is 0 Å². The number of hydrogen-bond donors (Lipinski definition) is 1. The maximum Gasteiger partial charge on any atom is 0.269 e. The van der Waals surface area contributed by atoms with Crippen molar-refractivity contribution in [1.29, 1.82) is 0 Å². The van der Waals surface area contributed by atoms with Crippen molar-refractivity contribution in [1.82, 2.24) is 0 Å². The minimum absolute atomic E-state index is 0.0515. The second-order valence-corrected chi connectivity index (χ2v) is 6.02. The highest BCUT2D eigenvalue weighted by molar-refractivity contribution is 5.58. The summed E-state index contributed by atoms with van der Waals surface area (Å²) in [6.45, 7) is 1.88. The molecular formula is C15H20N2O3. The average Bonchev–Trinajstić information content (AvgIpc) is 3.32. The Balaban J connectivity index is 1.85. The largest absolute Gasteiger partial charge is 0.392 e. The van der Waals surface area contributed by atoms with Gasteiger partial charge in [-0.1, -0.05) is 0 Å². The summed E-state index contributed by atoms with van der Waals surface area (Å²) < 4.78 is 0. The Hall–Kier alpha value is -1.62. The molecule has 0 spiro atoms. The number of rotatable bonds is 7. The normalized spacial score (nSPS) is 18.1. The van der Waals surface area contributed by atoms with Crippen LogP contribution in [0.15, 0.2) is 18.2 Å². The molecule has 108 valence electrons. The zero-order valence-electron chi connectivity index (χ0n) is 11.5. The lowest BCUT2D eigenvalue weighted by atomic mass is 10.1. The van der Waals surface area contributed by atoms with Gasteiger partial charge in [-0.3, -0.25) is 10.1 Å². The summed E-state index contributed by atoms with van der Waals surface area (Å²) in [6, 6.07) is 4.85. The van der Waals surface area contributed by atoms with Crippen LogP contribution in [-0.4, -0.2) is 23.1 Å². The number of hydrogen-bond acceptors (Lipinski definition) is 4. The van der Waals surface area contributed by atoms with Gasteiger partial charge in [0.05, 0.1) is 11.5 Å². The molecule has 0 saturated heterocycles. The van der Waals surface area contributed by atoms with E-state index in [9.17, 15) is 15.2 Å². The summed E-state index contributed by atoms with van der Waals surface area (Å²) in [5.41, 5.74) is 1.69. The first-order chi connectivity index (χ1) is 9.67. The highest BCUT2D eigenvalue weighted by Gasteiger charge is 2.30. The summed E-state index contributed by atoms with van der Waals surface area (Å²) >= 11 is 0. The Morgan fingerprint density at radius 1 is 1.20 bits per heavy atom. The van der Waals surface area contributed by atoms with Crippen molar-refractivity contribution in [2.24, 2.45) is 11.8 Å². The number of non-ortho nitro benzene ring substituents is 1. The third-order valence-electron chi connectivity index (χ3n) is 4.14. The molecule has 5 heteroatoms. The minimum atomic E-state index is -0.408. The van der Waals surface area contributed by atoms with Gasteiger partial charge < -0.3 is 10.0 Å². The first-order valence-corrected chi connectivity index (χ1v) is 7.30. The molecule has 2 saturated carbocycles. The van der Waals surface area contributed by atoms with Gasteiger partial charge in [0.15, 0.2) is 0 Å². The minimum Gasteiger partial charge on any atom is -0.392 e. The van der Waals surface area contributed by atoms with E-state index in [0.717, 1.165) is 30.6 Å². The third-order valence-corrected chi connectivity index (χ3v) is 4.14. The van der Waals surface area contributed by atoms with E-state index in [4.69, 9.17) is 0 Å². The van der Waals surface area contributed by atoms with Crippen LogP contribution < -0.4 is 4.90 Å². The lowest BCUT2D eigenvalue weighted by Crippen LogP contribution is -2.29. The molecule has 0 amide bonds. The van der Waals surface area contributed by atoms with E-state index >= 15 is 0 Å². The summed E-state index contributed by atoms with van der Waals surface area (Å²) in [5.74, 6) is 1.52. The van der Waals surface area contributed by atoms with Gasteiger partial charge in [0.2, 0.25) is 0 Å². The van der Waals surface area contributed by atoms with Crippen LogP contribution in [0.25, 0.3) is 0 Å². The number of anilines is 1. The first kappa shape index (κ1) is 13.4. The smallest absolute Gasteiger partial charge is 0.269 e. The predicted molar refractivity (Wildman–Crippen MR) is 76.7 cm³/mol. The van der Waals surface area contributed by atoms with Gasteiger partial charge in [-0.2, -0.15) is 0 Å². The number of nitro benzene ring substituents is 1. The van der Waals surface area contributed by atoms with Crippen molar-refractivity contribution in [3.8, 4) is 0 Å². The summed E-state index contributed by atoms with van der Waals surface area (Å²) in [5, 5.41) is 20.4. The standard InChI is InChI=1S/C15H20N2O3/c18-10-13-7-14(17(19)20)5-6-15(13)16(8-11-1-2-11)9-12-3-4-12/h5-7,11-12,18H,1-4,8-10H2. The molecule has 1 aromatic carbocycles. The Morgan fingerprint density at radius 2 is 1.80 bits per heavy atom. The second kappa shape index (κ2) is 5.40. The number of nitrogens with zero attached hydrogens (tertiary/aromatic N) is 2. The Morgan fingerprint density at radius 3 is 2.25 bits per heavy atom. The summed E-state index contributed by atoms with van der Waals surface area (Å²) in [6.07, 6.45) is 5.12. The zero-order valence-corrected chi connectivity index (χ0v) is 11.5. The van der Waals surface area contributed by atoms with E-state index in [0.29, 0.717) is 5.56 Å². The van der Waals surface area contributed by atoms with Crippen molar-refractivity contribution >= 4 is 11.4 Å². The van der Waals surface area contributed by atoms with Crippen LogP contribution >= 0.6 is 0 Å². The fourth-order valence-electron chi connectivity index (χ4n) is 2.62. The molecule has 2 fully saturated rings. The van der Waals surface area contributed by atoms with Gasteiger partial charge in [0, 0.05) is 36.5 Å². The fraction of sp³-hybridized carbons (Fsp3) is 0.600. The molecule has 0 atom stereocenters. The molecule has 0 radical (unpaired) electrons. The van der Waals surface area contributed by atoms with E-state index in [1.54, 1.807) is 12.1 Å². The molecule has 3 rings (SSSR count). The van der Waals surface area contributed by atoms with Gasteiger partial charge in [-0.25, -0.2) is 0 Å². The Kier molecular flexibility index (Phi) is 3.61. The Labute approximate surface area is 118 Å². The molecule has 1 N–H and O–H groups in total. The molecule has 20 heavy (non-hydrogen) atoms. The van der Waals surface area contributed by atoms with Gasteiger partial charge in [0.1, 0.15) is 0 Å². The third kappa shape index (κ3) is 3.10. The topological polar surface area (TPSA) is 66.6 Å². The van der Waals surface area contributed by atoms with Gasteiger partial charge in [-0.05, 0) is 43.6 Å². The lowest BCUT2D eigenvalue weighted by molar-refractivity contribution is -0.384. The van der Waals surface area contributed by atoms with Crippen molar-refractivity contribution < 1.29 is 10.0 Å². The van der Waals surface area contributed by atoms with E-state index < -0.39 is 4.92 Å². The second-order valence-electron chi connectivity index (χ2n) is 6.02. The SMILES string of the molecule is O=[N+]([O-])c1ccc(N(CC2CC2)CC2CC2)c(CO)c1. The fourth-order valence-corrected chi connectivity index (χ4v) is 2.62. The molecule has 0 unspecified atom stereocenters. The molecule has 0 bridgehead atoms. The number of aliphatic hydroxyl groups is 1. The number of aliphatic hydroxyl groups excluding tert-OH is 1. The van der Waals surface area contributed by atoms with Crippen LogP contribution in [0.4, 0.5) is 11.4 Å². The van der Waals surface area contributed by atoms with E-state index in [1.807, 2.05) is 0 Å². The molecule has 0 aliphatic heterocycles. The summed E-state index contributed by atoms with van der Waals surface area (Å²) in [4.78, 5) is 12.8. The van der Waals surface area contributed by atoms with Gasteiger partial charge >= 0.3 is 0 Å². The number of benzene rings is 1. The zero-order chi connectivity index (χ0) is 14.1. The van der Waals surface area contributed by atoms with E-state index in [1.165, 1.54) is 31.7 Å². The lowest BCUT2D eigenvalue weighted by Gasteiger charge is -2.27. The van der Waals surface area contributed by atoms with Crippen molar-refractivity contribution in [2.45, 2.75) is 32.3 Å². The molecule has 2 aliphatic carbocycles. The van der Waals surface area contributed by atoms with E-state index in [-0.39, 0.29) is 12.3 Å². The monoisotopic (exact) mass is 276 g/mol. The average molecular weight is 276 g/mol. The van der Waals surface area contributed by atoms with Crippen molar-refractivity contribution in [2.75, 3.05) is 18.0 Å². The van der Waals surface area contributed by atoms with Crippen LogP contribution in [0.1, 0.15) is 31.2 Å². The molecule has 0 aromatic heterocycles. The highest BCUT2D eigenvalue weighted by atomic mass is 16.6. The van der Waals surface area contributed by atoms with Crippen molar-refractivity contribution in [3.63, 3.8) is 0 Å². The maximum atomic E-state index is 10.8. The van der Waals surface area contributed by atoms with Crippen LogP contribution in [0, 0.1) is 22.0 Å². The maximum absolute atomic E-state index is 10.8. The van der Waals surface area contributed by atoms with Crippen LogP contribution in [-0.2, 0) is 6.61 Å². The highest BCUT2D eigenvalue weighted by Crippen LogP contribution is 2.37. The van der Waals surface area contributed by atoms with Gasteiger partial charge in [0.25, 0.3) is 5.69 Å². The van der Waals surface area contributed by atoms with Gasteiger partial charge in [-0.15, -0.1) is 0 Å². The molecule has 5 nitrogen and oxygen atoms in total. The van der Waals surface area contributed by atoms with Crippen molar-refractivity contribution in [3.05, 3.63) is 33.9 Å². The summed E-state index contributed by atoms with van der Waals surface area (Å²) in [7, 11) is 0.